The number of alkyl carbamates (subject to hydrolysis) is 1. The fourth-order valence-electron chi connectivity index (χ4n) is 3.46. The monoisotopic (exact) mass is 348 g/mol. The van der Waals surface area contributed by atoms with Gasteiger partial charge in [-0.3, -0.25) is 0 Å². The molecule has 1 heterocycles. The highest BCUT2D eigenvalue weighted by atomic mass is 16.6. The number of carbonyl (C=O) groups excluding carboxylic acids is 1. The largest absolute Gasteiger partial charge is 0.444 e. The number of ether oxygens (including phenoxy) is 1. The highest BCUT2D eigenvalue weighted by Crippen LogP contribution is 2.28. The first-order valence-electron chi connectivity index (χ1n) is 9.19. The van der Waals surface area contributed by atoms with Crippen molar-refractivity contribution in [1.29, 1.82) is 0 Å². The third kappa shape index (κ3) is 5.96. The molecule has 3 atom stereocenters. The van der Waals surface area contributed by atoms with Gasteiger partial charge < -0.3 is 15.4 Å². The van der Waals surface area contributed by atoms with Gasteiger partial charge in [-0.1, -0.05) is 6.42 Å². The molecule has 6 heteroatoms. The summed E-state index contributed by atoms with van der Waals surface area (Å²) in [4.78, 5) is 20.7. The van der Waals surface area contributed by atoms with E-state index in [9.17, 15) is 4.79 Å². The fourth-order valence-corrected chi connectivity index (χ4v) is 3.46. The van der Waals surface area contributed by atoms with Crippen molar-refractivity contribution in [2.24, 2.45) is 5.92 Å². The van der Waals surface area contributed by atoms with Gasteiger partial charge in [0.25, 0.3) is 0 Å². The number of nitrogens with zero attached hydrogens (tertiary/aromatic N) is 2. The van der Waals surface area contributed by atoms with Crippen LogP contribution in [0.15, 0.2) is 6.20 Å². The zero-order chi connectivity index (χ0) is 18.6. The molecule has 6 nitrogen and oxygen atoms in total. The van der Waals surface area contributed by atoms with E-state index < -0.39 is 5.60 Å². The van der Waals surface area contributed by atoms with E-state index in [1.54, 1.807) is 0 Å². The molecule has 0 spiro atoms. The molecule has 0 saturated heterocycles. The van der Waals surface area contributed by atoms with Gasteiger partial charge in [-0.2, -0.15) is 0 Å². The number of hydrogen-bond donors (Lipinski definition) is 2. The van der Waals surface area contributed by atoms with Gasteiger partial charge in [0.15, 0.2) is 0 Å². The van der Waals surface area contributed by atoms with Gasteiger partial charge in [-0.15, -0.1) is 0 Å². The van der Waals surface area contributed by atoms with Crippen molar-refractivity contribution in [3.8, 4) is 0 Å². The lowest BCUT2D eigenvalue weighted by molar-refractivity contribution is 0.0517. The summed E-state index contributed by atoms with van der Waals surface area (Å²) in [5, 5.41) is 6.62. The smallest absolute Gasteiger partial charge is 0.407 e. The van der Waals surface area contributed by atoms with Crippen molar-refractivity contribution in [3.05, 3.63) is 23.3 Å². The van der Waals surface area contributed by atoms with Crippen LogP contribution in [0.3, 0.4) is 0 Å². The maximum atomic E-state index is 11.9. The van der Waals surface area contributed by atoms with E-state index in [4.69, 9.17) is 4.74 Å². The third-order valence-electron chi connectivity index (χ3n) is 4.63. The number of hydrogen-bond acceptors (Lipinski definition) is 5. The first-order chi connectivity index (χ1) is 11.7. The summed E-state index contributed by atoms with van der Waals surface area (Å²) in [6.45, 7) is 12.4. The van der Waals surface area contributed by atoms with Gasteiger partial charge >= 0.3 is 6.09 Å². The maximum absolute atomic E-state index is 11.9. The minimum Gasteiger partial charge on any atom is -0.444 e. The molecule has 25 heavy (non-hydrogen) atoms. The third-order valence-corrected chi connectivity index (χ3v) is 4.63. The van der Waals surface area contributed by atoms with Gasteiger partial charge in [0.05, 0.1) is 0 Å². The van der Waals surface area contributed by atoms with E-state index in [1.807, 2.05) is 40.8 Å². The highest BCUT2D eigenvalue weighted by molar-refractivity contribution is 5.67. The second-order valence-electron chi connectivity index (χ2n) is 8.03. The number of rotatable bonds is 5. The Bertz CT molecular complexity index is 598. The summed E-state index contributed by atoms with van der Waals surface area (Å²) in [5.74, 6) is 1.22. The molecule has 0 radical (unpaired) electrons. The average molecular weight is 348 g/mol. The fraction of sp³-hybridized carbons (Fsp3) is 0.737. The molecule has 0 unspecified atom stereocenters. The van der Waals surface area contributed by atoms with E-state index >= 15 is 0 Å². The lowest BCUT2D eigenvalue weighted by atomic mass is 10.0. The molecule has 1 aliphatic rings. The van der Waals surface area contributed by atoms with Crippen LogP contribution in [0.1, 0.15) is 70.1 Å². The van der Waals surface area contributed by atoms with Gasteiger partial charge in [0, 0.05) is 36.1 Å². The topological polar surface area (TPSA) is 76.1 Å². The van der Waals surface area contributed by atoms with Crippen molar-refractivity contribution in [2.75, 3.05) is 6.54 Å². The number of nitrogens with one attached hydrogen (secondary N) is 2. The minimum atomic E-state index is -0.463. The van der Waals surface area contributed by atoms with Gasteiger partial charge in [0.1, 0.15) is 11.4 Å². The Balaban J connectivity index is 1.89. The highest BCUT2D eigenvalue weighted by Gasteiger charge is 2.29. The first kappa shape index (κ1) is 19.6. The predicted molar refractivity (Wildman–Crippen MR) is 98.4 cm³/mol. The Morgan fingerprint density at radius 3 is 2.72 bits per heavy atom. The van der Waals surface area contributed by atoms with Crippen molar-refractivity contribution in [2.45, 2.75) is 78.5 Å². The lowest BCUT2D eigenvalue weighted by Crippen LogP contribution is -2.41. The Kier molecular flexibility index (Phi) is 6.38. The Morgan fingerprint density at radius 1 is 1.36 bits per heavy atom. The normalized spacial score (nSPS) is 21.8. The van der Waals surface area contributed by atoms with Gasteiger partial charge in [-0.05, 0) is 60.3 Å². The molecule has 1 amide bonds. The summed E-state index contributed by atoms with van der Waals surface area (Å²) >= 11 is 0. The molecule has 2 rings (SSSR count). The molecular weight excluding hydrogens is 316 g/mol. The SMILES string of the molecule is Cc1ncc([C@H](C)N[C@H]2CCC[C@H]2CNC(=O)OC(C)(C)C)c(C)n1. The van der Waals surface area contributed by atoms with Crippen LogP contribution >= 0.6 is 0 Å². The molecule has 1 aromatic rings. The van der Waals surface area contributed by atoms with E-state index in [0.717, 1.165) is 29.9 Å². The molecule has 1 saturated carbocycles. The molecule has 2 N–H and O–H groups in total. The summed E-state index contributed by atoms with van der Waals surface area (Å²) in [6.07, 6.45) is 4.99. The van der Waals surface area contributed by atoms with Crippen molar-refractivity contribution in [1.82, 2.24) is 20.6 Å². The van der Waals surface area contributed by atoms with E-state index in [1.165, 1.54) is 6.42 Å². The lowest BCUT2D eigenvalue weighted by Gasteiger charge is -2.26. The molecule has 0 bridgehead atoms. The van der Waals surface area contributed by atoms with Crippen molar-refractivity contribution in [3.63, 3.8) is 0 Å². The Labute approximate surface area is 151 Å². The number of aromatic nitrogens is 2. The molecule has 1 aliphatic carbocycles. The summed E-state index contributed by atoms with van der Waals surface area (Å²) < 4.78 is 5.32. The van der Waals surface area contributed by atoms with Crippen molar-refractivity contribution < 1.29 is 9.53 Å². The predicted octanol–water partition coefficient (Wildman–Crippen LogP) is 3.44. The molecule has 140 valence electrons. The van der Waals surface area contributed by atoms with Crippen LogP contribution in [-0.2, 0) is 4.74 Å². The van der Waals surface area contributed by atoms with Crippen LogP contribution in [0.4, 0.5) is 4.79 Å². The zero-order valence-corrected chi connectivity index (χ0v) is 16.3. The molecule has 1 fully saturated rings. The standard InChI is InChI=1S/C19H32N4O2/c1-12-16(11-20-14(3)22-12)13(2)23-17-9-7-8-15(17)10-21-18(24)25-19(4,5)6/h11,13,15,17,23H,7-10H2,1-6H3,(H,21,24)/t13-,15-,17-/m0/s1. The van der Waals surface area contributed by atoms with Gasteiger partial charge in [-0.25, -0.2) is 14.8 Å². The number of carbonyl (C=O) groups is 1. The van der Waals surface area contributed by atoms with E-state index in [0.29, 0.717) is 18.5 Å². The number of aryl methyl sites for hydroxylation is 2. The van der Waals surface area contributed by atoms with Crippen LogP contribution in [0.2, 0.25) is 0 Å². The van der Waals surface area contributed by atoms with E-state index in [2.05, 4.69) is 27.5 Å². The molecular formula is C19H32N4O2. The Hall–Kier alpha value is -1.69. The van der Waals surface area contributed by atoms with Crippen LogP contribution < -0.4 is 10.6 Å². The second-order valence-corrected chi connectivity index (χ2v) is 8.03. The molecule has 1 aromatic heterocycles. The summed E-state index contributed by atoms with van der Waals surface area (Å²) in [6, 6.07) is 0.568. The average Bonchev–Trinajstić information content (AvgIpc) is 2.90. The van der Waals surface area contributed by atoms with Crippen LogP contribution in [0.5, 0.6) is 0 Å². The zero-order valence-electron chi connectivity index (χ0n) is 16.3. The molecule has 0 aliphatic heterocycles. The van der Waals surface area contributed by atoms with Crippen LogP contribution in [-0.4, -0.2) is 34.2 Å². The second kappa shape index (κ2) is 8.13. The quantitative estimate of drug-likeness (QED) is 0.852. The van der Waals surface area contributed by atoms with Crippen LogP contribution in [0.25, 0.3) is 0 Å². The Morgan fingerprint density at radius 2 is 2.08 bits per heavy atom. The van der Waals surface area contributed by atoms with Crippen molar-refractivity contribution >= 4 is 6.09 Å². The summed E-state index contributed by atoms with van der Waals surface area (Å²) in [7, 11) is 0. The molecule has 0 aromatic carbocycles. The first-order valence-corrected chi connectivity index (χ1v) is 9.19. The maximum Gasteiger partial charge on any atom is 0.407 e. The van der Waals surface area contributed by atoms with Gasteiger partial charge in [0.2, 0.25) is 0 Å². The van der Waals surface area contributed by atoms with Crippen LogP contribution in [0, 0.1) is 19.8 Å². The summed E-state index contributed by atoms with van der Waals surface area (Å²) in [5.41, 5.74) is 1.69. The van der Waals surface area contributed by atoms with E-state index in [-0.39, 0.29) is 12.1 Å². The number of amides is 1. The minimum absolute atomic E-state index is 0.188.